The summed E-state index contributed by atoms with van der Waals surface area (Å²) in [5.74, 6) is 1.64. The largest absolute Gasteiger partial charge is 0.404 e. The number of nitrogens with zero attached hydrogens (tertiary/aromatic N) is 4. The van der Waals surface area contributed by atoms with Gasteiger partial charge in [0.2, 0.25) is 0 Å². The smallest absolute Gasteiger partial charge is 0.159 e. The first-order chi connectivity index (χ1) is 10.1. The van der Waals surface area contributed by atoms with E-state index in [0.29, 0.717) is 17.6 Å². The average Bonchev–Trinajstić information content (AvgIpc) is 2.88. The molecule has 0 unspecified atom stereocenters. The van der Waals surface area contributed by atoms with Gasteiger partial charge in [-0.1, -0.05) is 37.8 Å². The van der Waals surface area contributed by atoms with Crippen LogP contribution in [0.5, 0.6) is 0 Å². The molecule has 6 nitrogen and oxygen atoms in total. The molecule has 0 aliphatic heterocycles. The van der Waals surface area contributed by atoms with Crippen LogP contribution in [0.15, 0.2) is 53.9 Å². The van der Waals surface area contributed by atoms with E-state index in [2.05, 4.69) is 41.0 Å². The van der Waals surface area contributed by atoms with Crippen molar-refractivity contribution in [3.8, 4) is 0 Å². The number of aliphatic imine (C=N–C) groups is 1. The highest BCUT2D eigenvalue weighted by Crippen LogP contribution is 2.10. The van der Waals surface area contributed by atoms with Gasteiger partial charge in [-0.15, -0.1) is 5.10 Å². The van der Waals surface area contributed by atoms with Gasteiger partial charge in [-0.2, -0.15) is 4.68 Å². The zero-order chi connectivity index (χ0) is 15.2. The Bertz CT molecular complexity index is 680. The molecule has 2 aromatic rings. The first-order valence-corrected chi connectivity index (χ1v) is 6.82. The number of aromatic nitrogens is 3. The fourth-order valence-corrected chi connectivity index (χ4v) is 1.78. The Kier molecular flexibility index (Phi) is 4.71. The van der Waals surface area contributed by atoms with Crippen LogP contribution in [0.3, 0.4) is 0 Å². The molecular weight excluding hydrogens is 264 g/mol. The summed E-state index contributed by atoms with van der Waals surface area (Å²) in [7, 11) is 0. The Morgan fingerprint density at radius 1 is 1.48 bits per heavy atom. The van der Waals surface area contributed by atoms with E-state index in [4.69, 9.17) is 5.73 Å². The quantitative estimate of drug-likeness (QED) is 0.648. The van der Waals surface area contributed by atoms with E-state index in [1.165, 1.54) is 6.20 Å². The average molecular weight is 284 g/mol. The van der Waals surface area contributed by atoms with Crippen LogP contribution >= 0.6 is 0 Å². The zero-order valence-electron chi connectivity index (χ0n) is 12.3. The van der Waals surface area contributed by atoms with Crippen molar-refractivity contribution in [1.82, 2.24) is 20.3 Å². The van der Waals surface area contributed by atoms with E-state index in [1.807, 2.05) is 24.3 Å². The molecule has 0 atom stereocenters. The Hall–Kier alpha value is -2.63. The molecule has 0 saturated heterocycles. The van der Waals surface area contributed by atoms with E-state index >= 15 is 0 Å². The van der Waals surface area contributed by atoms with Crippen molar-refractivity contribution in [2.75, 3.05) is 6.54 Å². The standard InChI is InChI=1S/C15H20N6/c1-11(2)10-17-12(3)18-15(8-9-16)21-14-7-5-4-6-13(14)19-20-21/h4-9,11,17H,3,10,16H2,1-2H3/b9-8-,18-15+. The van der Waals surface area contributed by atoms with Crippen molar-refractivity contribution in [1.29, 1.82) is 0 Å². The zero-order valence-corrected chi connectivity index (χ0v) is 12.3. The van der Waals surface area contributed by atoms with Crippen LogP contribution in [0.2, 0.25) is 0 Å². The van der Waals surface area contributed by atoms with Gasteiger partial charge in [-0.3, -0.25) is 0 Å². The monoisotopic (exact) mass is 284 g/mol. The summed E-state index contributed by atoms with van der Waals surface area (Å²) >= 11 is 0. The molecule has 2 rings (SSSR count). The van der Waals surface area contributed by atoms with Crippen LogP contribution in [-0.4, -0.2) is 27.4 Å². The number of hydrogen-bond acceptors (Lipinski definition) is 5. The molecule has 110 valence electrons. The maximum absolute atomic E-state index is 5.50. The molecule has 0 saturated carbocycles. The van der Waals surface area contributed by atoms with Crippen molar-refractivity contribution >= 4 is 16.9 Å². The number of benzene rings is 1. The lowest BCUT2D eigenvalue weighted by Gasteiger charge is -2.09. The summed E-state index contributed by atoms with van der Waals surface area (Å²) in [4.78, 5) is 4.44. The van der Waals surface area contributed by atoms with Gasteiger partial charge in [0.15, 0.2) is 5.84 Å². The molecular formula is C15H20N6. The number of rotatable bonds is 5. The predicted molar refractivity (Wildman–Crippen MR) is 85.7 cm³/mol. The van der Waals surface area contributed by atoms with Crippen molar-refractivity contribution < 1.29 is 0 Å². The first-order valence-electron chi connectivity index (χ1n) is 6.82. The highest BCUT2D eigenvalue weighted by atomic mass is 15.4. The fraction of sp³-hybridized carbons (Fsp3) is 0.267. The summed E-state index contributed by atoms with van der Waals surface area (Å²) in [6, 6.07) is 7.67. The van der Waals surface area contributed by atoms with E-state index in [-0.39, 0.29) is 0 Å². The topological polar surface area (TPSA) is 81.1 Å². The Labute approximate surface area is 124 Å². The maximum atomic E-state index is 5.50. The minimum absolute atomic E-state index is 0.512. The van der Waals surface area contributed by atoms with Crippen molar-refractivity contribution in [2.45, 2.75) is 13.8 Å². The molecule has 21 heavy (non-hydrogen) atoms. The van der Waals surface area contributed by atoms with E-state index < -0.39 is 0 Å². The van der Waals surface area contributed by atoms with Gasteiger partial charge < -0.3 is 11.1 Å². The van der Waals surface area contributed by atoms with Gasteiger partial charge in [0.25, 0.3) is 0 Å². The number of hydrogen-bond donors (Lipinski definition) is 2. The molecule has 1 aromatic heterocycles. The maximum Gasteiger partial charge on any atom is 0.159 e. The van der Waals surface area contributed by atoms with Gasteiger partial charge >= 0.3 is 0 Å². The third-order valence-electron chi connectivity index (χ3n) is 2.78. The molecule has 0 amide bonds. The molecule has 0 radical (unpaired) electrons. The first kappa shape index (κ1) is 14.8. The van der Waals surface area contributed by atoms with Crippen molar-refractivity contribution in [3.05, 3.63) is 48.9 Å². The van der Waals surface area contributed by atoms with Crippen LogP contribution in [0.4, 0.5) is 0 Å². The van der Waals surface area contributed by atoms with Gasteiger partial charge in [0.05, 0.1) is 5.52 Å². The highest BCUT2D eigenvalue weighted by molar-refractivity contribution is 5.99. The SMILES string of the molecule is C=C(/N=C(\C=C/N)n1nnc2ccccc21)NCC(C)C. The van der Waals surface area contributed by atoms with Crippen LogP contribution in [-0.2, 0) is 0 Å². The van der Waals surface area contributed by atoms with Gasteiger partial charge in [-0.25, -0.2) is 4.99 Å². The number of para-hydroxylation sites is 1. The van der Waals surface area contributed by atoms with Crippen LogP contribution < -0.4 is 11.1 Å². The number of allylic oxidation sites excluding steroid dienone is 1. The summed E-state index contributed by atoms with van der Waals surface area (Å²) in [5.41, 5.74) is 7.17. The summed E-state index contributed by atoms with van der Waals surface area (Å²) in [5, 5.41) is 11.4. The van der Waals surface area contributed by atoms with Crippen LogP contribution in [0.1, 0.15) is 13.8 Å². The fourth-order valence-electron chi connectivity index (χ4n) is 1.78. The lowest BCUT2D eigenvalue weighted by Crippen LogP contribution is -2.20. The van der Waals surface area contributed by atoms with Crippen molar-refractivity contribution in [3.63, 3.8) is 0 Å². The molecule has 1 heterocycles. The van der Waals surface area contributed by atoms with E-state index in [9.17, 15) is 0 Å². The second-order valence-corrected chi connectivity index (χ2v) is 5.04. The third-order valence-corrected chi connectivity index (χ3v) is 2.78. The summed E-state index contributed by atoms with van der Waals surface area (Å²) < 4.78 is 1.64. The predicted octanol–water partition coefficient (Wildman–Crippen LogP) is 1.87. The molecule has 0 aliphatic rings. The van der Waals surface area contributed by atoms with Crippen LogP contribution in [0.25, 0.3) is 11.0 Å². The third kappa shape index (κ3) is 3.68. The minimum Gasteiger partial charge on any atom is -0.404 e. The van der Waals surface area contributed by atoms with Gasteiger partial charge in [-0.05, 0) is 30.3 Å². The van der Waals surface area contributed by atoms with Crippen molar-refractivity contribution in [2.24, 2.45) is 16.6 Å². The molecule has 0 spiro atoms. The van der Waals surface area contributed by atoms with Gasteiger partial charge in [0, 0.05) is 6.54 Å². The Balaban J connectivity index is 2.32. The Morgan fingerprint density at radius 3 is 2.95 bits per heavy atom. The molecule has 0 bridgehead atoms. The Morgan fingerprint density at radius 2 is 2.24 bits per heavy atom. The lowest BCUT2D eigenvalue weighted by atomic mass is 10.2. The summed E-state index contributed by atoms with van der Waals surface area (Å²) in [6.07, 6.45) is 3.09. The minimum atomic E-state index is 0.512. The van der Waals surface area contributed by atoms with E-state index in [0.717, 1.165) is 17.6 Å². The molecule has 0 fully saturated rings. The number of nitrogens with two attached hydrogens (primary N) is 1. The second kappa shape index (κ2) is 6.69. The van der Waals surface area contributed by atoms with Gasteiger partial charge in [0.1, 0.15) is 11.3 Å². The van der Waals surface area contributed by atoms with Crippen LogP contribution in [0, 0.1) is 5.92 Å². The summed E-state index contributed by atoms with van der Waals surface area (Å²) in [6.45, 7) is 8.95. The molecule has 1 aromatic carbocycles. The number of fused-ring (bicyclic) bond motifs is 1. The van der Waals surface area contributed by atoms with E-state index in [1.54, 1.807) is 10.8 Å². The number of nitrogens with one attached hydrogen (secondary N) is 1. The lowest BCUT2D eigenvalue weighted by molar-refractivity contribution is 0.594. The molecule has 3 N–H and O–H groups in total. The highest BCUT2D eigenvalue weighted by Gasteiger charge is 2.08. The normalized spacial score (nSPS) is 12.4. The molecule has 6 heteroatoms. The molecule has 0 aliphatic carbocycles. The second-order valence-electron chi connectivity index (χ2n) is 5.04.